The van der Waals surface area contributed by atoms with Crippen LogP contribution in [0.15, 0.2) is 15.5 Å². The minimum Gasteiger partial charge on any atom is -0.439 e. The zero-order valence-corrected chi connectivity index (χ0v) is 9.25. The van der Waals surface area contributed by atoms with Crippen LogP contribution in [0.25, 0.3) is 0 Å². The van der Waals surface area contributed by atoms with Crippen molar-refractivity contribution in [3.8, 4) is 0 Å². The largest absolute Gasteiger partial charge is 0.439 e. The van der Waals surface area contributed by atoms with Gasteiger partial charge in [0, 0.05) is 28.4 Å². The molecule has 0 saturated carbocycles. The Labute approximate surface area is 86.3 Å². The summed E-state index contributed by atoms with van der Waals surface area (Å²) in [4.78, 5) is 7.23. The summed E-state index contributed by atoms with van der Waals surface area (Å²) in [5.74, 6) is 0.550. The molecule has 13 heavy (non-hydrogen) atoms. The summed E-state index contributed by atoms with van der Waals surface area (Å²) < 4.78 is 5.14. The molecule has 0 aliphatic carbocycles. The SMILES string of the molecule is CN1CCCC(c2coc(Br)n2)C1. The van der Waals surface area contributed by atoms with Crippen LogP contribution in [0.4, 0.5) is 0 Å². The molecule has 0 aromatic carbocycles. The molecule has 1 unspecified atom stereocenters. The van der Waals surface area contributed by atoms with Gasteiger partial charge in [0.05, 0.1) is 5.69 Å². The summed E-state index contributed by atoms with van der Waals surface area (Å²) in [6.07, 6.45) is 4.24. The molecule has 1 aliphatic rings. The Morgan fingerprint density at radius 2 is 2.54 bits per heavy atom. The van der Waals surface area contributed by atoms with Crippen molar-refractivity contribution in [3.05, 3.63) is 16.8 Å². The van der Waals surface area contributed by atoms with Gasteiger partial charge in [-0.15, -0.1) is 0 Å². The fourth-order valence-electron chi connectivity index (χ4n) is 1.86. The smallest absolute Gasteiger partial charge is 0.264 e. The van der Waals surface area contributed by atoms with Gasteiger partial charge in [0.25, 0.3) is 4.80 Å². The Morgan fingerprint density at radius 3 is 3.15 bits per heavy atom. The van der Waals surface area contributed by atoms with Gasteiger partial charge < -0.3 is 9.32 Å². The monoisotopic (exact) mass is 244 g/mol. The number of likely N-dealkylation sites (N-methyl/N-ethyl adjacent to an activating group) is 1. The van der Waals surface area contributed by atoms with E-state index in [1.54, 1.807) is 6.26 Å². The zero-order chi connectivity index (χ0) is 9.26. The van der Waals surface area contributed by atoms with E-state index in [1.807, 2.05) is 0 Å². The summed E-state index contributed by atoms with van der Waals surface area (Å²) >= 11 is 3.22. The van der Waals surface area contributed by atoms with Crippen molar-refractivity contribution < 1.29 is 4.42 Å². The summed E-state index contributed by atoms with van der Waals surface area (Å²) in [6.45, 7) is 2.30. The van der Waals surface area contributed by atoms with Gasteiger partial charge in [-0.2, -0.15) is 0 Å². The first-order valence-corrected chi connectivity index (χ1v) is 5.34. The molecular weight excluding hydrogens is 232 g/mol. The number of piperidine rings is 1. The normalized spacial score (nSPS) is 24.9. The van der Waals surface area contributed by atoms with Crippen LogP contribution in [0.3, 0.4) is 0 Å². The van der Waals surface area contributed by atoms with E-state index in [0.717, 1.165) is 12.2 Å². The molecule has 4 heteroatoms. The maximum absolute atomic E-state index is 5.14. The summed E-state index contributed by atoms with van der Waals surface area (Å²) in [6, 6.07) is 0. The van der Waals surface area contributed by atoms with E-state index in [-0.39, 0.29) is 0 Å². The summed E-state index contributed by atoms with van der Waals surface area (Å²) in [7, 11) is 2.15. The molecule has 1 atom stereocenters. The molecule has 0 spiro atoms. The maximum Gasteiger partial charge on any atom is 0.264 e. The zero-order valence-electron chi connectivity index (χ0n) is 7.66. The van der Waals surface area contributed by atoms with Crippen molar-refractivity contribution in [2.24, 2.45) is 0 Å². The quantitative estimate of drug-likeness (QED) is 0.759. The third kappa shape index (κ3) is 2.11. The van der Waals surface area contributed by atoms with E-state index in [4.69, 9.17) is 4.42 Å². The van der Waals surface area contributed by atoms with Gasteiger partial charge in [-0.1, -0.05) is 0 Å². The van der Waals surface area contributed by atoms with Crippen LogP contribution in [-0.4, -0.2) is 30.0 Å². The van der Waals surface area contributed by atoms with Gasteiger partial charge >= 0.3 is 0 Å². The van der Waals surface area contributed by atoms with E-state index >= 15 is 0 Å². The van der Waals surface area contributed by atoms with Gasteiger partial charge in [0.1, 0.15) is 6.26 Å². The highest BCUT2D eigenvalue weighted by atomic mass is 79.9. The molecule has 0 bridgehead atoms. The highest BCUT2D eigenvalue weighted by Crippen LogP contribution is 2.26. The molecule has 3 nitrogen and oxygen atoms in total. The van der Waals surface area contributed by atoms with E-state index < -0.39 is 0 Å². The summed E-state index contributed by atoms with van der Waals surface area (Å²) in [5, 5.41) is 0. The fraction of sp³-hybridized carbons (Fsp3) is 0.667. The molecule has 0 N–H and O–H groups in total. The van der Waals surface area contributed by atoms with Crippen molar-refractivity contribution in [1.82, 2.24) is 9.88 Å². The first-order valence-electron chi connectivity index (χ1n) is 4.55. The minimum atomic E-state index is 0.550. The average Bonchev–Trinajstić information content (AvgIpc) is 2.52. The number of nitrogens with zero attached hydrogens (tertiary/aromatic N) is 2. The van der Waals surface area contributed by atoms with E-state index in [0.29, 0.717) is 10.7 Å². The second kappa shape index (κ2) is 3.80. The number of hydrogen-bond donors (Lipinski definition) is 0. The number of rotatable bonds is 1. The lowest BCUT2D eigenvalue weighted by atomic mass is 9.96. The predicted octanol–water partition coefficient (Wildman–Crippen LogP) is 2.25. The Bertz CT molecular complexity index is 287. The molecule has 0 amide bonds. The van der Waals surface area contributed by atoms with Crippen LogP contribution >= 0.6 is 15.9 Å². The minimum absolute atomic E-state index is 0.550. The lowest BCUT2D eigenvalue weighted by Gasteiger charge is -2.28. The molecule has 2 rings (SSSR count). The molecular formula is C9H13BrN2O. The van der Waals surface area contributed by atoms with Gasteiger partial charge in [0.15, 0.2) is 0 Å². The van der Waals surface area contributed by atoms with Gasteiger partial charge in [-0.3, -0.25) is 0 Å². The fourth-order valence-corrected chi connectivity index (χ4v) is 2.16. The third-order valence-corrected chi connectivity index (χ3v) is 2.90. The van der Waals surface area contributed by atoms with Crippen LogP contribution < -0.4 is 0 Å². The molecule has 2 heterocycles. The van der Waals surface area contributed by atoms with Gasteiger partial charge in [0.2, 0.25) is 0 Å². The van der Waals surface area contributed by atoms with E-state index in [9.17, 15) is 0 Å². The molecule has 1 saturated heterocycles. The molecule has 1 aromatic rings. The number of oxazole rings is 1. The van der Waals surface area contributed by atoms with Crippen LogP contribution in [0.2, 0.25) is 0 Å². The van der Waals surface area contributed by atoms with Gasteiger partial charge in [-0.25, -0.2) is 4.98 Å². The number of aromatic nitrogens is 1. The molecule has 1 fully saturated rings. The lowest BCUT2D eigenvalue weighted by molar-refractivity contribution is 0.248. The van der Waals surface area contributed by atoms with Crippen molar-refractivity contribution in [3.63, 3.8) is 0 Å². The Hall–Kier alpha value is -0.350. The molecule has 1 aliphatic heterocycles. The van der Waals surface area contributed by atoms with Crippen LogP contribution in [-0.2, 0) is 0 Å². The van der Waals surface area contributed by atoms with Crippen LogP contribution in [0.5, 0.6) is 0 Å². The van der Waals surface area contributed by atoms with Gasteiger partial charge in [-0.05, 0) is 26.4 Å². The molecule has 1 aromatic heterocycles. The van der Waals surface area contributed by atoms with Crippen molar-refractivity contribution in [1.29, 1.82) is 0 Å². The summed E-state index contributed by atoms with van der Waals surface area (Å²) in [5.41, 5.74) is 1.08. The second-order valence-corrected chi connectivity index (χ2v) is 4.31. The average molecular weight is 245 g/mol. The highest BCUT2D eigenvalue weighted by Gasteiger charge is 2.21. The van der Waals surface area contributed by atoms with E-state index in [2.05, 4.69) is 32.9 Å². The predicted molar refractivity (Wildman–Crippen MR) is 53.7 cm³/mol. The second-order valence-electron chi connectivity index (χ2n) is 3.63. The standard InChI is InChI=1S/C9H13BrN2O/c1-12-4-2-3-7(5-12)8-6-13-9(10)11-8/h6-7H,2-5H2,1H3. The first-order chi connectivity index (χ1) is 6.25. The lowest BCUT2D eigenvalue weighted by Crippen LogP contribution is -2.30. The van der Waals surface area contributed by atoms with Crippen molar-refractivity contribution in [2.45, 2.75) is 18.8 Å². The Morgan fingerprint density at radius 1 is 1.69 bits per heavy atom. The maximum atomic E-state index is 5.14. The highest BCUT2D eigenvalue weighted by molar-refractivity contribution is 9.10. The first kappa shape index (κ1) is 9.21. The topological polar surface area (TPSA) is 29.3 Å². The van der Waals surface area contributed by atoms with Crippen molar-refractivity contribution >= 4 is 15.9 Å². The Balaban J connectivity index is 2.08. The number of hydrogen-bond acceptors (Lipinski definition) is 3. The van der Waals surface area contributed by atoms with Crippen LogP contribution in [0, 0.1) is 0 Å². The molecule has 0 radical (unpaired) electrons. The van der Waals surface area contributed by atoms with Crippen molar-refractivity contribution in [2.75, 3.05) is 20.1 Å². The van der Waals surface area contributed by atoms with E-state index in [1.165, 1.54) is 19.4 Å². The van der Waals surface area contributed by atoms with Crippen LogP contribution in [0.1, 0.15) is 24.5 Å². The number of halogens is 1. The molecule has 72 valence electrons. The third-order valence-electron chi connectivity index (χ3n) is 2.54. The Kier molecular flexibility index (Phi) is 2.69. The number of likely N-dealkylation sites (tertiary alicyclic amines) is 1.